The van der Waals surface area contributed by atoms with Crippen LogP contribution in [0, 0.1) is 19.8 Å². The molecule has 0 spiro atoms. The van der Waals surface area contributed by atoms with Gasteiger partial charge in [0.15, 0.2) is 5.65 Å². The molecule has 0 saturated carbocycles. The lowest BCUT2D eigenvalue weighted by Crippen LogP contribution is -2.39. The smallest absolute Gasteiger partial charge is 0.160 e. The van der Waals surface area contributed by atoms with E-state index in [0.717, 1.165) is 48.1 Å². The molecule has 0 radical (unpaired) electrons. The maximum Gasteiger partial charge on any atom is 0.160 e. The van der Waals surface area contributed by atoms with Crippen molar-refractivity contribution in [3.05, 3.63) is 53.0 Å². The molecule has 0 amide bonds. The molecule has 5 heteroatoms. The summed E-state index contributed by atoms with van der Waals surface area (Å²) in [4.78, 5) is 12.3. The molecule has 2 aromatic heterocycles. The third kappa shape index (κ3) is 4.93. The third-order valence-electron chi connectivity index (χ3n) is 6.69. The van der Waals surface area contributed by atoms with E-state index in [1.54, 1.807) is 0 Å². The summed E-state index contributed by atoms with van der Waals surface area (Å²) in [6.07, 6.45) is 3.50. The largest absolute Gasteiger partial charge is 0.385 e. The van der Waals surface area contributed by atoms with Crippen LogP contribution in [-0.2, 0) is 13.0 Å². The number of nitrogens with one attached hydrogen (secondary N) is 1. The summed E-state index contributed by atoms with van der Waals surface area (Å²) >= 11 is 0. The number of aryl methyl sites for hydroxylation is 3. The number of imidazole rings is 1. The minimum Gasteiger partial charge on any atom is -0.385 e. The molecule has 0 bridgehead atoms. The Labute approximate surface area is 186 Å². The summed E-state index contributed by atoms with van der Waals surface area (Å²) in [6, 6.07) is 11.7. The van der Waals surface area contributed by atoms with Crippen molar-refractivity contribution in [2.45, 2.75) is 66.5 Å². The lowest BCUT2D eigenvalue weighted by molar-refractivity contribution is 0.154. The number of benzene rings is 1. The molecular weight excluding hydrogens is 382 g/mol. The number of hydrogen-bond donors (Lipinski definition) is 1. The van der Waals surface area contributed by atoms with Crippen LogP contribution in [-0.4, -0.2) is 45.1 Å². The van der Waals surface area contributed by atoms with E-state index >= 15 is 0 Å². The Balaban J connectivity index is 1.40. The van der Waals surface area contributed by atoms with Gasteiger partial charge in [0.25, 0.3) is 0 Å². The zero-order valence-corrected chi connectivity index (χ0v) is 19.8. The number of aromatic nitrogens is 3. The normalized spacial score (nSPS) is 15.8. The van der Waals surface area contributed by atoms with Gasteiger partial charge >= 0.3 is 0 Å². The first kappa shape index (κ1) is 21.8. The summed E-state index contributed by atoms with van der Waals surface area (Å²) < 4.78 is 2.28. The number of fused-ring (bicyclic) bond motifs is 1. The molecule has 5 nitrogen and oxygen atoms in total. The van der Waals surface area contributed by atoms with Crippen molar-refractivity contribution in [1.82, 2.24) is 19.4 Å². The summed E-state index contributed by atoms with van der Waals surface area (Å²) in [7, 11) is 0. The molecule has 1 aliphatic rings. The summed E-state index contributed by atoms with van der Waals surface area (Å²) in [6.45, 7) is 15.3. The maximum absolute atomic E-state index is 4.87. The lowest BCUT2D eigenvalue weighted by atomic mass is 9.96. The van der Waals surface area contributed by atoms with Gasteiger partial charge < -0.3 is 14.8 Å². The fraction of sp³-hybridized carbons (Fsp3) is 0.538. The molecule has 0 atom stereocenters. The van der Waals surface area contributed by atoms with Crippen LogP contribution < -0.4 is 5.32 Å². The highest BCUT2D eigenvalue weighted by molar-refractivity contribution is 5.76. The molecule has 0 aliphatic carbocycles. The average Bonchev–Trinajstić information content (AvgIpc) is 3.11. The van der Waals surface area contributed by atoms with E-state index in [1.165, 1.54) is 42.7 Å². The average molecular weight is 420 g/mol. The van der Waals surface area contributed by atoms with E-state index in [4.69, 9.17) is 9.97 Å². The van der Waals surface area contributed by atoms with Crippen molar-refractivity contribution < 1.29 is 0 Å². The molecule has 4 rings (SSSR count). The molecule has 3 aromatic rings. The zero-order valence-electron chi connectivity index (χ0n) is 19.8. The molecule has 1 saturated heterocycles. The number of nitrogens with zero attached hydrogens (tertiary/aromatic N) is 4. The second-order valence-corrected chi connectivity index (χ2v) is 9.37. The minimum absolute atomic E-state index is 0.672. The Morgan fingerprint density at radius 3 is 2.42 bits per heavy atom. The third-order valence-corrected chi connectivity index (χ3v) is 6.69. The summed E-state index contributed by atoms with van der Waals surface area (Å²) in [5.41, 5.74) is 6.78. The predicted molar refractivity (Wildman–Crippen MR) is 130 cm³/mol. The van der Waals surface area contributed by atoms with E-state index in [9.17, 15) is 0 Å². The SMILES string of the molecule is CCc1nc2c(C)cc(C)nc2n1Cc1ccc(NCC2CCN(C(C)C)CC2)cc1. The van der Waals surface area contributed by atoms with Crippen molar-refractivity contribution in [3.8, 4) is 0 Å². The first-order valence-corrected chi connectivity index (χ1v) is 11.8. The minimum atomic E-state index is 0.672. The van der Waals surface area contributed by atoms with Crippen LogP contribution in [0.15, 0.2) is 30.3 Å². The van der Waals surface area contributed by atoms with Crippen LogP contribution in [0.25, 0.3) is 11.2 Å². The van der Waals surface area contributed by atoms with E-state index in [0.29, 0.717) is 6.04 Å². The Hall–Kier alpha value is -2.40. The van der Waals surface area contributed by atoms with Gasteiger partial charge in [0.2, 0.25) is 0 Å². The fourth-order valence-electron chi connectivity index (χ4n) is 4.73. The number of pyridine rings is 1. The van der Waals surface area contributed by atoms with Gasteiger partial charge in [0.1, 0.15) is 11.3 Å². The van der Waals surface area contributed by atoms with Crippen molar-refractivity contribution in [1.29, 1.82) is 0 Å². The molecular formula is C26H37N5. The van der Waals surface area contributed by atoms with Gasteiger partial charge in [-0.2, -0.15) is 0 Å². The highest BCUT2D eigenvalue weighted by Crippen LogP contribution is 2.23. The van der Waals surface area contributed by atoms with Crippen LogP contribution in [0.2, 0.25) is 0 Å². The van der Waals surface area contributed by atoms with Gasteiger partial charge in [-0.3, -0.25) is 0 Å². The van der Waals surface area contributed by atoms with Gasteiger partial charge in [-0.15, -0.1) is 0 Å². The van der Waals surface area contributed by atoms with Crippen LogP contribution >= 0.6 is 0 Å². The topological polar surface area (TPSA) is 46.0 Å². The number of hydrogen-bond acceptors (Lipinski definition) is 4. The van der Waals surface area contributed by atoms with E-state index in [-0.39, 0.29) is 0 Å². The zero-order chi connectivity index (χ0) is 22.0. The van der Waals surface area contributed by atoms with Crippen LogP contribution in [0.4, 0.5) is 5.69 Å². The molecule has 166 valence electrons. The highest BCUT2D eigenvalue weighted by Gasteiger charge is 2.20. The van der Waals surface area contributed by atoms with Crippen molar-refractivity contribution in [3.63, 3.8) is 0 Å². The van der Waals surface area contributed by atoms with Crippen LogP contribution in [0.3, 0.4) is 0 Å². The second-order valence-electron chi connectivity index (χ2n) is 9.37. The van der Waals surface area contributed by atoms with Gasteiger partial charge in [0, 0.05) is 30.4 Å². The number of anilines is 1. The monoisotopic (exact) mass is 419 g/mol. The first-order valence-electron chi connectivity index (χ1n) is 11.8. The number of piperidine rings is 1. The summed E-state index contributed by atoms with van der Waals surface area (Å²) in [5.74, 6) is 1.88. The maximum atomic E-state index is 4.87. The van der Waals surface area contributed by atoms with Crippen LogP contribution in [0.1, 0.15) is 56.3 Å². The van der Waals surface area contributed by atoms with Crippen molar-refractivity contribution in [2.75, 3.05) is 25.0 Å². The number of rotatable bonds is 7. The molecule has 31 heavy (non-hydrogen) atoms. The van der Waals surface area contributed by atoms with Crippen molar-refractivity contribution >= 4 is 16.9 Å². The molecule has 3 heterocycles. The van der Waals surface area contributed by atoms with Gasteiger partial charge in [-0.25, -0.2) is 9.97 Å². The molecule has 1 N–H and O–H groups in total. The predicted octanol–water partition coefficient (Wildman–Crippen LogP) is 5.19. The molecule has 1 fully saturated rings. The van der Waals surface area contributed by atoms with Gasteiger partial charge in [-0.1, -0.05) is 19.1 Å². The fourth-order valence-corrected chi connectivity index (χ4v) is 4.73. The van der Waals surface area contributed by atoms with E-state index in [2.05, 4.69) is 79.7 Å². The van der Waals surface area contributed by atoms with Gasteiger partial charge in [0.05, 0.1) is 6.54 Å². The van der Waals surface area contributed by atoms with E-state index in [1.807, 2.05) is 0 Å². The van der Waals surface area contributed by atoms with Crippen molar-refractivity contribution in [2.24, 2.45) is 5.92 Å². The second kappa shape index (κ2) is 9.39. The Bertz CT molecular complexity index is 1010. The lowest BCUT2D eigenvalue weighted by Gasteiger charge is -2.34. The highest BCUT2D eigenvalue weighted by atomic mass is 15.2. The molecule has 0 unspecified atom stereocenters. The summed E-state index contributed by atoms with van der Waals surface area (Å²) in [5, 5.41) is 3.66. The Morgan fingerprint density at radius 2 is 1.77 bits per heavy atom. The molecule has 1 aliphatic heterocycles. The van der Waals surface area contributed by atoms with Gasteiger partial charge in [-0.05, 0) is 88.9 Å². The standard InChI is InChI=1S/C26H37N5/c1-6-24-29-25-19(4)15-20(5)28-26(25)31(24)17-22-7-9-23(10-8-22)27-16-21-11-13-30(14-12-21)18(2)3/h7-10,15,18,21,27H,6,11-14,16-17H2,1-5H3. The first-order chi connectivity index (χ1) is 14.9. The Kier molecular flexibility index (Phi) is 6.61. The quantitative estimate of drug-likeness (QED) is 0.572. The van der Waals surface area contributed by atoms with Crippen LogP contribution in [0.5, 0.6) is 0 Å². The van der Waals surface area contributed by atoms with E-state index < -0.39 is 0 Å². The number of likely N-dealkylation sites (tertiary alicyclic amines) is 1. The Morgan fingerprint density at radius 1 is 1.06 bits per heavy atom. The molecule has 1 aromatic carbocycles.